The minimum atomic E-state index is -4.94. The second-order valence-corrected chi connectivity index (χ2v) is 9.49. The van der Waals surface area contributed by atoms with Crippen LogP contribution in [0, 0.1) is 27.4 Å². The van der Waals surface area contributed by atoms with E-state index in [2.05, 4.69) is 5.32 Å². The fourth-order valence-corrected chi connectivity index (χ4v) is 6.02. The number of esters is 1. The Balaban J connectivity index is 1.47. The van der Waals surface area contributed by atoms with Crippen molar-refractivity contribution in [2.45, 2.75) is 63.3 Å². The lowest BCUT2D eigenvalue weighted by molar-refractivity contribution is -0.385. The van der Waals surface area contributed by atoms with Gasteiger partial charge in [-0.15, -0.1) is 0 Å². The van der Waals surface area contributed by atoms with E-state index >= 15 is 0 Å². The number of aliphatic hydroxyl groups is 1. The molecule has 3 atom stereocenters. The van der Waals surface area contributed by atoms with Gasteiger partial charge in [-0.2, -0.15) is 13.2 Å². The van der Waals surface area contributed by atoms with Gasteiger partial charge in [0.25, 0.3) is 11.6 Å². The van der Waals surface area contributed by atoms with Gasteiger partial charge in [0.1, 0.15) is 0 Å². The summed E-state index contributed by atoms with van der Waals surface area (Å²) in [6.45, 7) is 1.25. The van der Waals surface area contributed by atoms with Crippen molar-refractivity contribution in [3.8, 4) is 0 Å². The third-order valence-electron chi connectivity index (χ3n) is 6.89. The zero-order valence-corrected chi connectivity index (χ0v) is 17.3. The topological polar surface area (TPSA) is 119 Å². The number of hydrogen-bond acceptors (Lipinski definition) is 6. The van der Waals surface area contributed by atoms with Gasteiger partial charge in [0, 0.05) is 12.1 Å². The lowest BCUT2D eigenvalue weighted by Gasteiger charge is -2.58. The number of rotatable bonds is 5. The van der Waals surface area contributed by atoms with Crippen LogP contribution in [0.3, 0.4) is 0 Å². The van der Waals surface area contributed by atoms with Gasteiger partial charge >= 0.3 is 12.1 Å². The number of hydrogen-bond donors (Lipinski definition) is 2. The fraction of sp³-hybridized carbons (Fsp3) is 0.619. The summed E-state index contributed by atoms with van der Waals surface area (Å²) in [5.41, 5.74) is -4.59. The molecule has 0 spiro atoms. The monoisotopic (exact) mass is 456 g/mol. The molecule has 2 N–H and O–H groups in total. The van der Waals surface area contributed by atoms with Gasteiger partial charge in [-0.25, -0.2) is 0 Å². The van der Waals surface area contributed by atoms with Crippen LogP contribution in [0.4, 0.5) is 24.5 Å². The summed E-state index contributed by atoms with van der Waals surface area (Å²) in [5.74, 6) is -1.17. The van der Waals surface area contributed by atoms with E-state index in [4.69, 9.17) is 4.74 Å². The first kappa shape index (κ1) is 22.5. The normalized spacial score (nSPS) is 31.8. The van der Waals surface area contributed by atoms with Crippen molar-refractivity contribution in [3.05, 3.63) is 33.9 Å². The summed E-state index contributed by atoms with van der Waals surface area (Å²) in [5, 5.41) is 23.6. The molecule has 0 heterocycles. The number of carbonyl (C=O) groups is 2. The molecule has 0 aliphatic heterocycles. The van der Waals surface area contributed by atoms with Gasteiger partial charge < -0.3 is 15.2 Å². The maximum Gasteiger partial charge on any atom is 0.418 e. The van der Waals surface area contributed by atoms with Gasteiger partial charge in [-0.05, 0) is 63.4 Å². The Morgan fingerprint density at radius 1 is 1.25 bits per heavy atom. The van der Waals surface area contributed by atoms with Crippen LogP contribution in [-0.2, 0) is 20.5 Å². The van der Waals surface area contributed by atoms with E-state index in [9.17, 15) is 38.0 Å². The van der Waals surface area contributed by atoms with Crippen molar-refractivity contribution in [2.75, 3.05) is 5.32 Å². The van der Waals surface area contributed by atoms with Crippen LogP contribution in [-0.4, -0.2) is 33.6 Å². The third-order valence-corrected chi connectivity index (χ3v) is 6.89. The Morgan fingerprint density at radius 2 is 1.88 bits per heavy atom. The summed E-state index contributed by atoms with van der Waals surface area (Å²) < 4.78 is 45.3. The number of alkyl halides is 3. The summed E-state index contributed by atoms with van der Waals surface area (Å²) in [4.78, 5) is 35.3. The highest BCUT2D eigenvalue weighted by Crippen LogP contribution is 2.62. The summed E-state index contributed by atoms with van der Waals surface area (Å²) in [6.07, 6.45) is -2.68. The molecule has 0 aromatic heterocycles. The van der Waals surface area contributed by atoms with E-state index in [-0.39, 0.29) is 18.3 Å². The zero-order chi connectivity index (χ0) is 23.5. The Hall–Kier alpha value is -2.69. The van der Waals surface area contributed by atoms with Crippen LogP contribution in [0.25, 0.3) is 0 Å². The molecule has 1 amide bonds. The molecule has 1 aromatic rings. The minimum absolute atomic E-state index is 0.215. The van der Waals surface area contributed by atoms with Crippen LogP contribution in [0.15, 0.2) is 18.2 Å². The number of nitrogens with one attached hydrogen (secondary N) is 1. The number of benzene rings is 1. The lowest BCUT2D eigenvalue weighted by atomic mass is 9.48. The molecule has 4 saturated carbocycles. The van der Waals surface area contributed by atoms with Crippen molar-refractivity contribution < 1.29 is 37.5 Å². The number of amides is 1. The molecule has 4 fully saturated rings. The number of nitro groups is 1. The predicted octanol–water partition coefficient (Wildman–Crippen LogP) is 3.82. The van der Waals surface area contributed by atoms with Crippen LogP contribution in [0.2, 0.25) is 0 Å². The summed E-state index contributed by atoms with van der Waals surface area (Å²) in [7, 11) is 0. The number of carbonyl (C=O) groups excluding carboxylic acids is 2. The largest absolute Gasteiger partial charge is 0.452 e. The molecule has 0 saturated heterocycles. The highest BCUT2D eigenvalue weighted by Gasteiger charge is 2.61. The van der Waals surface area contributed by atoms with Gasteiger partial charge in [-0.3, -0.25) is 19.7 Å². The number of halogens is 3. The van der Waals surface area contributed by atoms with Crippen LogP contribution >= 0.6 is 0 Å². The molecule has 0 radical (unpaired) electrons. The van der Waals surface area contributed by atoms with Gasteiger partial charge in [-0.1, -0.05) is 0 Å². The molecule has 174 valence electrons. The molecule has 4 bridgehead atoms. The average molecular weight is 456 g/mol. The Kier molecular flexibility index (Phi) is 5.22. The Labute approximate surface area is 181 Å². The lowest BCUT2D eigenvalue weighted by Crippen LogP contribution is -2.59. The molecule has 3 unspecified atom stereocenters. The number of ether oxygens (including phenoxy) is 1. The molecular weight excluding hydrogens is 433 g/mol. The highest BCUT2D eigenvalue weighted by molar-refractivity contribution is 5.96. The van der Waals surface area contributed by atoms with Crippen molar-refractivity contribution in [2.24, 2.45) is 17.3 Å². The first-order chi connectivity index (χ1) is 14.8. The highest BCUT2D eigenvalue weighted by atomic mass is 19.4. The van der Waals surface area contributed by atoms with Crippen molar-refractivity contribution >= 4 is 23.3 Å². The van der Waals surface area contributed by atoms with E-state index in [0.29, 0.717) is 31.7 Å². The zero-order valence-electron chi connectivity index (χ0n) is 17.3. The maximum absolute atomic E-state index is 13.3. The first-order valence-electron chi connectivity index (χ1n) is 10.4. The SMILES string of the molecule is CC(OC(=O)C12CC3CC(CC(O)(C3)C1)C2)C(=O)Nc1ccc([N+](=O)[O-])cc1C(F)(F)F. The fourth-order valence-electron chi connectivity index (χ4n) is 6.02. The first-order valence-corrected chi connectivity index (χ1v) is 10.4. The van der Waals surface area contributed by atoms with Crippen molar-refractivity contribution in [1.29, 1.82) is 0 Å². The minimum Gasteiger partial charge on any atom is -0.452 e. The molecule has 11 heteroatoms. The number of non-ortho nitro benzene ring substituents is 1. The van der Waals surface area contributed by atoms with Gasteiger partial charge in [0.15, 0.2) is 6.10 Å². The number of nitrogens with zero attached hydrogens (tertiary/aromatic N) is 1. The number of anilines is 1. The molecule has 4 aliphatic rings. The molecule has 1 aromatic carbocycles. The quantitative estimate of drug-likeness (QED) is 0.395. The smallest absolute Gasteiger partial charge is 0.418 e. The summed E-state index contributed by atoms with van der Waals surface area (Å²) in [6, 6.07) is 1.97. The van der Waals surface area contributed by atoms with E-state index in [0.717, 1.165) is 18.6 Å². The second-order valence-electron chi connectivity index (χ2n) is 9.49. The van der Waals surface area contributed by atoms with E-state index in [1.165, 1.54) is 6.92 Å². The number of nitro benzene ring substituents is 1. The summed E-state index contributed by atoms with van der Waals surface area (Å²) >= 11 is 0. The molecule has 8 nitrogen and oxygen atoms in total. The predicted molar refractivity (Wildman–Crippen MR) is 104 cm³/mol. The molecule has 4 aliphatic carbocycles. The third kappa shape index (κ3) is 4.05. The second kappa shape index (κ2) is 7.43. The standard InChI is InChI=1S/C21H23F3N2O6/c1-11(17(27)25-16-3-2-14(26(30)31)5-15(16)21(22,23)24)32-18(28)19-6-12-4-13(7-19)9-20(29,8-12)10-19/h2-3,5,11-13,29H,4,6-10H2,1H3,(H,25,27). The van der Waals surface area contributed by atoms with Gasteiger partial charge in [0.2, 0.25) is 0 Å². The van der Waals surface area contributed by atoms with Crippen molar-refractivity contribution in [1.82, 2.24) is 0 Å². The van der Waals surface area contributed by atoms with Crippen molar-refractivity contribution in [3.63, 3.8) is 0 Å². The Bertz CT molecular complexity index is 965. The maximum atomic E-state index is 13.3. The molecule has 32 heavy (non-hydrogen) atoms. The Morgan fingerprint density at radius 3 is 2.41 bits per heavy atom. The molecular formula is C21H23F3N2O6. The van der Waals surface area contributed by atoms with E-state index < -0.39 is 57.0 Å². The van der Waals surface area contributed by atoms with E-state index in [1.54, 1.807) is 0 Å². The average Bonchev–Trinajstić information content (AvgIpc) is 2.65. The van der Waals surface area contributed by atoms with Crippen LogP contribution < -0.4 is 5.32 Å². The van der Waals surface area contributed by atoms with Gasteiger partial charge in [0.05, 0.1) is 27.2 Å². The van der Waals surface area contributed by atoms with Crippen LogP contribution in [0.5, 0.6) is 0 Å². The van der Waals surface area contributed by atoms with Crippen LogP contribution in [0.1, 0.15) is 51.0 Å². The van der Waals surface area contributed by atoms with E-state index in [1.807, 2.05) is 0 Å². The molecule has 5 rings (SSSR count).